The number of thiazole rings is 1. The third-order valence-corrected chi connectivity index (χ3v) is 7.61. The van der Waals surface area contributed by atoms with E-state index >= 15 is 0 Å². The average Bonchev–Trinajstić information content (AvgIpc) is 3.44. The van der Waals surface area contributed by atoms with Gasteiger partial charge in [-0.3, -0.25) is 4.57 Å². The summed E-state index contributed by atoms with van der Waals surface area (Å²) >= 11 is 5.19. The molecule has 0 saturated carbocycles. The summed E-state index contributed by atoms with van der Waals surface area (Å²) in [6.07, 6.45) is 1.05. The molecule has 0 spiro atoms. The van der Waals surface area contributed by atoms with E-state index in [1.165, 1.54) is 16.0 Å². The molecular formula is C22H24N4S3. The number of nitrogens with zero attached hydrogens (tertiary/aromatic N) is 4. The van der Waals surface area contributed by atoms with Gasteiger partial charge in [0.1, 0.15) is 5.01 Å². The third-order valence-electron chi connectivity index (χ3n) is 4.61. The summed E-state index contributed by atoms with van der Waals surface area (Å²) in [6.45, 7) is 8.66. The van der Waals surface area contributed by atoms with Crippen molar-refractivity contribution in [2.75, 3.05) is 0 Å². The maximum Gasteiger partial charge on any atom is 0.192 e. The molecule has 3 aromatic heterocycles. The van der Waals surface area contributed by atoms with Crippen molar-refractivity contribution in [3.63, 3.8) is 0 Å². The minimum atomic E-state index is 0.297. The van der Waals surface area contributed by atoms with Gasteiger partial charge in [0.05, 0.1) is 5.69 Å². The molecule has 0 radical (unpaired) electrons. The molecule has 0 saturated heterocycles. The van der Waals surface area contributed by atoms with Gasteiger partial charge in [-0.25, -0.2) is 4.98 Å². The van der Waals surface area contributed by atoms with Gasteiger partial charge in [0, 0.05) is 38.6 Å². The van der Waals surface area contributed by atoms with Gasteiger partial charge in [-0.15, -0.1) is 32.9 Å². The van der Waals surface area contributed by atoms with E-state index in [2.05, 4.69) is 83.6 Å². The van der Waals surface area contributed by atoms with Crippen molar-refractivity contribution in [3.05, 3.63) is 57.2 Å². The number of rotatable bonds is 7. The fraction of sp³-hybridized carbons (Fsp3) is 0.318. The van der Waals surface area contributed by atoms with E-state index in [9.17, 15) is 0 Å². The summed E-state index contributed by atoms with van der Waals surface area (Å²) in [5.41, 5.74) is 4.68. The Labute approximate surface area is 184 Å². The molecule has 0 amide bonds. The van der Waals surface area contributed by atoms with Gasteiger partial charge in [0.25, 0.3) is 0 Å². The SMILES string of the molecule is CCc1cc(-c2nnc(SCc3csc(-c4cccc(C)c4)n3)n2C(C)C)cs1. The monoisotopic (exact) mass is 440 g/mol. The van der Waals surface area contributed by atoms with Crippen LogP contribution in [0.15, 0.2) is 46.2 Å². The molecule has 4 nitrogen and oxygen atoms in total. The van der Waals surface area contributed by atoms with Crippen LogP contribution in [-0.2, 0) is 12.2 Å². The molecule has 1 aromatic carbocycles. The highest BCUT2D eigenvalue weighted by Gasteiger charge is 2.18. The molecule has 0 N–H and O–H groups in total. The standard InChI is InChI=1S/C22H24N4S3/c1-5-19-10-17(11-27-19)20-24-25-22(26(20)14(2)3)29-13-18-12-28-21(23-18)16-8-6-7-15(4)9-16/h6-12,14H,5,13H2,1-4H3. The van der Waals surface area contributed by atoms with Crippen molar-refractivity contribution in [1.29, 1.82) is 0 Å². The number of thioether (sulfide) groups is 1. The number of benzene rings is 1. The van der Waals surface area contributed by atoms with Gasteiger partial charge in [-0.05, 0) is 39.3 Å². The van der Waals surface area contributed by atoms with E-state index in [-0.39, 0.29) is 0 Å². The highest BCUT2D eigenvalue weighted by atomic mass is 32.2. The molecule has 3 heterocycles. The molecule has 29 heavy (non-hydrogen) atoms. The molecule has 0 unspecified atom stereocenters. The van der Waals surface area contributed by atoms with Crippen molar-refractivity contribution in [2.24, 2.45) is 0 Å². The molecule has 4 rings (SSSR count). The quantitative estimate of drug-likeness (QED) is 0.294. The second kappa shape index (κ2) is 8.81. The predicted octanol–water partition coefficient (Wildman–Crippen LogP) is 6.87. The lowest BCUT2D eigenvalue weighted by Crippen LogP contribution is -2.04. The van der Waals surface area contributed by atoms with Crippen LogP contribution in [-0.4, -0.2) is 19.7 Å². The number of hydrogen-bond acceptors (Lipinski definition) is 6. The van der Waals surface area contributed by atoms with Crippen molar-refractivity contribution in [3.8, 4) is 22.0 Å². The van der Waals surface area contributed by atoms with Crippen LogP contribution in [0.1, 0.15) is 42.9 Å². The number of aryl methyl sites for hydroxylation is 2. The van der Waals surface area contributed by atoms with Crippen LogP contribution in [0.3, 0.4) is 0 Å². The Kier molecular flexibility index (Phi) is 6.18. The largest absolute Gasteiger partial charge is 0.299 e. The Morgan fingerprint density at radius 1 is 1.07 bits per heavy atom. The Hall–Kier alpha value is -1.96. The molecular weight excluding hydrogens is 416 g/mol. The Balaban J connectivity index is 1.53. The molecule has 0 bridgehead atoms. The number of thiophene rings is 1. The highest BCUT2D eigenvalue weighted by molar-refractivity contribution is 7.98. The van der Waals surface area contributed by atoms with Gasteiger partial charge < -0.3 is 0 Å². The van der Waals surface area contributed by atoms with Crippen LogP contribution in [0.5, 0.6) is 0 Å². The molecule has 0 atom stereocenters. The second-order valence-corrected chi connectivity index (χ2v) is 10.0. The van der Waals surface area contributed by atoms with Crippen molar-refractivity contribution < 1.29 is 0 Å². The first-order valence-electron chi connectivity index (χ1n) is 9.72. The van der Waals surface area contributed by atoms with Crippen LogP contribution in [0.4, 0.5) is 0 Å². The van der Waals surface area contributed by atoms with Crippen molar-refractivity contribution in [2.45, 2.75) is 51.1 Å². The molecule has 0 aliphatic carbocycles. The van der Waals surface area contributed by atoms with E-state index in [1.54, 1.807) is 34.4 Å². The summed E-state index contributed by atoms with van der Waals surface area (Å²) in [7, 11) is 0. The van der Waals surface area contributed by atoms with Gasteiger partial charge in [-0.1, -0.05) is 42.4 Å². The zero-order chi connectivity index (χ0) is 20.4. The molecule has 7 heteroatoms. The Bertz CT molecular complexity index is 1110. The number of aromatic nitrogens is 4. The molecule has 0 aliphatic rings. The lowest BCUT2D eigenvalue weighted by molar-refractivity contribution is 0.555. The van der Waals surface area contributed by atoms with Crippen molar-refractivity contribution >= 4 is 34.4 Å². The minimum Gasteiger partial charge on any atom is -0.299 e. The second-order valence-electron chi connectivity index (χ2n) is 7.23. The summed E-state index contributed by atoms with van der Waals surface area (Å²) in [5, 5.41) is 15.4. The lowest BCUT2D eigenvalue weighted by Gasteiger charge is -2.12. The summed E-state index contributed by atoms with van der Waals surface area (Å²) in [5.74, 6) is 1.74. The summed E-state index contributed by atoms with van der Waals surface area (Å²) in [6, 6.07) is 11.0. The van der Waals surface area contributed by atoms with Crippen LogP contribution >= 0.6 is 34.4 Å². The maximum absolute atomic E-state index is 4.83. The number of hydrogen-bond donors (Lipinski definition) is 0. The summed E-state index contributed by atoms with van der Waals surface area (Å²) < 4.78 is 2.24. The van der Waals surface area contributed by atoms with E-state index in [0.29, 0.717) is 6.04 Å². The first-order valence-corrected chi connectivity index (χ1v) is 12.5. The van der Waals surface area contributed by atoms with E-state index in [1.807, 2.05) is 0 Å². The highest BCUT2D eigenvalue weighted by Crippen LogP contribution is 2.33. The topological polar surface area (TPSA) is 43.6 Å². The lowest BCUT2D eigenvalue weighted by atomic mass is 10.1. The van der Waals surface area contributed by atoms with E-state index in [0.717, 1.165) is 39.4 Å². The smallest absolute Gasteiger partial charge is 0.192 e. The maximum atomic E-state index is 4.83. The minimum absolute atomic E-state index is 0.297. The van der Waals surface area contributed by atoms with E-state index < -0.39 is 0 Å². The van der Waals surface area contributed by atoms with Gasteiger partial charge in [0.2, 0.25) is 0 Å². The van der Waals surface area contributed by atoms with Gasteiger partial charge >= 0.3 is 0 Å². The van der Waals surface area contributed by atoms with Crippen LogP contribution in [0.25, 0.3) is 22.0 Å². The van der Waals surface area contributed by atoms with Crippen LogP contribution in [0.2, 0.25) is 0 Å². The molecule has 150 valence electrons. The first-order chi connectivity index (χ1) is 14.0. The van der Waals surface area contributed by atoms with Gasteiger partial charge in [0.15, 0.2) is 11.0 Å². The average molecular weight is 441 g/mol. The Morgan fingerprint density at radius 3 is 2.66 bits per heavy atom. The van der Waals surface area contributed by atoms with E-state index in [4.69, 9.17) is 4.98 Å². The van der Waals surface area contributed by atoms with Crippen molar-refractivity contribution in [1.82, 2.24) is 19.7 Å². The Morgan fingerprint density at radius 2 is 1.93 bits per heavy atom. The summed E-state index contributed by atoms with van der Waals surface area (Å²) in [4.78, 5) is 6.21. The zero-order valence-electron chi connectivity index (χ0n) is 17.0. The van der Waals surface area contributed by atoms with Crippen LogP contribution < -0.4 is 0 Å². The normalized spacial score (nSPS) is 11.5. The molecule has 0 fully saturated rings. The van der Waals surface area contributed by atoms with Gasteiger partial charge in [-0.2, -0.15) is 0 Å². The fourth-order valence-electron chi connectivity index (χ4n) is 3.14. The fourth-order valence-corrected chi connectivity index (χ4v) is 5.84. The third kappa shape index (κ3) is 4.47. The molecule has 0 aliphatic heterocycles. The predicted molar refractivity (Wildman–Crippen MR) is 125 cm³/mol. The van der Waals surface area contributed by atoms with Crippen LogP contribution in [0, 0.1) is 6.92 Å². The first kappa shape index (κ1) is 20.3. The zero-order valence-corrected chi connectivity index (χ0v) is 19.5. The molecule has 4 aromatic rings.